The average molecular weight is 340 g/mol. The number of benzene rings is 2. The topological polar surface area (TPSA) is 34.1 Å². The molecule has 0 bridgehead atoms. The molecule has 3 rings (SSSR count). The lowest BCUT2D eigenvalue weighted by Crippen LogP contribution is -2.09. The highest BCUT2D eigenvalue weighted by Crippen LogP contribution is 2.38. The van der Waals surface area contributed by atoms with Crippen molar-refractivity contribution in [3.8, 4) is 0 Å². The molecule has 0 unspecified atom stereocenters. The lowest BCUT2D eigenvalue weighted by molar-refractivity contribution is -0.122. The highest BCUT2D eigenvalue weighted by Gasteiger charge is 2.29. The first-order valence-electron chi connectivity index (χ1n) is 8.85. The van der Waals surface area contributed by atoms with Crippen LogP contribution in [0.3, 0.4) is 0 Å². The normalized spacial score (nSPS) is 19.0. The Morgan fingerprint density at radius 1 is 1.00 bits per heavy atom. The number of ketones is 2. The molecule has 0 radical (unpaired) electrons. The summed E-state index contributed by atoms with van der Waals surface area (Å²) in [5, 5.41) is 0. The van der Waals surface area contributed by atoms with Crippen molar-refractivity contribution in [3.63, 3.8) is 0 Å². The van der Waals surface area contributed by atoms with Crippen LogP contribution in [-0.2, 0) is 4.79 Å². The molecule has 132 valence electrons. The summed E-state index contributed by atoms with van der Waals surface area (Å²) in [5.41, 5.74) is 1.95. The van der Waals surface area contributed by atoms with Crippen molar-refractivity contribution in [2.75, 3.05) is 0 Å². The highest BCUT2D eigenvalue weighted by atomic mass is 19.1. The fourth-order valence-electron chi connectivity index (χ4n) is 3.28. The van der Waals surface area contributed by atoms with Crippen molar-refractivity contribution in [2.45, 2.75) is 45.4 Å². The molecule has 1 aliphatic carbocycles. The summed E-state index contributed by atoms with van der Waals surface area (Å²) in [6, 6.07) is 16.1. The predicted molar refractivity (Wildman–Crippen MR) is 98.2 cm³/mol. The Morgan fingerprint density at radius 3 is 2.20 bits per heavy atom. The lowest BCUT2D eigenvalue weighted by atomic mass is 9.94. The maximum absolute atomic E-state index is 12.2. The number of hydrogen-bond acceptors (Lipinski definition) is 2. The monoisotopic (exact) mass is 340 g/mol. The van der Waals surface area contributed by atoms with Gasteiger partial charge in [0.05, 0.1) is 0 Å². The molecule has 1 aliphatic rings. The third-order valence-corrected chi connectivity index (χ3v) is 4.76. The summed E-state index contributed by atoms with van der Waals surface area (Å²) in [6.45, 7) is 3.42. The van der Waals surface area contributed by atoms with E-state index < -0.39 is 0 Å². The highest BCUT2D eigenvalue weighted by molar-refractivity contribution is 5.93. The van der Waals surface area contributed by atoms with Crippen LogP contribution in [0, 0.1) is 11.7 Å². The molecule has 2 atom stereocenters. The number of carbonyl (C=O) groups excluding carboxylic acids is 2. The summed E-state index contributed by atoms with van der Waals surface area (Å²) in [6.07, 6.45) is 4.04. The molecule has 0 amide bonds. The van der Waals surface area contributed by atoms with E-state index in [4.69, 9.17) is 0 Å². The molecule has 0 aromatic heterocycles. The minimum absolute atomic E-state index is 0.0417. The van der Waals surface area contributed by atoms with Crippen molar-refractivity contribution in [1.82, 2.24) is 0 Å². The van der Waals surface area contributed by atoms with Gasteiger partial charge in [0.15, 0.2) is 5.78 Å². The third-order valence-electron chi connectivity index (χ3n) is 4.76. The predicted octanol–water partition coefficient (Wildman–Crippen LogP) is 5.58. The van der Waals surface area contributed by atoms with E-state index in [-0.39, 0.29) is 11.6 Å². The second-order valence-corrected chi connectivity index (χ2v) is 6.50. The summed E-state index contributed by atoms with van der Waals surface area (Å²) < 4.78 is 12.2. The minimum atomic E-state index is -0.315. The molecule has 0 saturated heterocycles. The van der Waals surface area contributed by atoms with Crippen molar-refractivity contribution < 1.29 is 14.0 Å². The number of hydrogen-bond donors (Lipinski definition) is 0. The van der Waals surface area contributed by atoms with Crippen LogP contribution in [-0.4, -0.2) is 11.6 Å². The first-order valence-corrected chi connectivity index (χ1v) is 8.85. The Balaban J connectivity index is 0.000000196. The second-order valence-electron chi connectivity index (χ2n) is 6.50. The molecule has 0 heterocycles. The standard InChI is InChI=1S/C14H18O.C8H7FO/c1-2-14(15)13-9-8-12(10-13)11-6-4-3-5-7-11;1-6(10)7-2-4-8(9)5-3-7/h3-7,12-13H,2,8-10H2,1H3;2-5H,1H3/t12-,13-;/m0./s1. The summed E-state index contributed by atoms with van der Waals surface area (Å²) in [4.78, 5) is 22.2. The largest absolute Gasteiger partial charge is 0.299 e. The Morgan fingerprint density at radius 2 is 1.64 bits per heavy atom. The number of rotatable bonds is 4. The number of carbonyl (C=O) groups is 2. The zero-order valence-electron chi connectivity index (χ0n) is 14.9. The first kappa shape index (κ1) is 19.0. The zero-order chi connectivity index (χ0) is 18.2. The fourth-order valence-corrected chi connectivity index (χ4v) is 3.28. The van der Waals surface area contributed by atoms with Gasteiger partial charge in [-0.15, -0.1) is 0 Å². The minimum Gasteiger partial charge on any atom is -0.299 e. The maximum Gasteiger partial charge on any atom is 0.159 e. The smallest absolute Gasteiger partial charge is 0.159 e. The third kappa shape index (κ3) is 5.63. The van der Waals surface area contributed by atoms with Gasteiger partial charge >= 0.3 is 0 Å². The van der Waals surface area contributed by atoms with Crippen molar-refractivity contribution in [1.29, 1.82) is 0 Å². The second kappa shape index (κ2) is 9.26. The van der Waals surface area contributed by atoms with Gasteiger partial charge in [-0.05, 0) is 61.9 Å². The quantitative estimate of drug-likeness (QED) is 0.681. The molecular weight excluding hydrogens is 315 g/mol. The van der Waals surface area contributed by atoms with E-state index in [1.807, 2.05) is 13.0 Å². The molecular formula is C22H25FO2. The van der Waals surface area contributed by atoms with Gasteiger partial charge in [0, 0.05) is 17.9 Å². The van der Waals surface area contributed by atoms with Crippen molar-refractivity contribution >= 4 is 11.6 Å². The van der Waals surface area contributed by atoms with E-state index in [0.29, 0.717) is 29.6 Å². The Kier molecular flexibility index (Phi) is 7.05. The van der Waals surface area contributed by atoms with E-state index in [9.17, 15) is 14.0 Å². The molecule has 1 fully saturated rings. The van der Waals surface area contributed by atoms with E-state index >= 15 is 0 Å². The van der Waals surface area contributed by atoms with Gasteiger partial charge in [0.25, 0.3) is 0 Å². The van der Waals surface area contributed by atoms with Crippen LogP contribution in [0.5, 0.6) is 0 Å². The molecule has 0 N–H and O–H groups in total. The lowest BCUT2D eigenvalue weighted by Gasteiger charge is -2.10. The number of Topliss-reactive ketones (excluding diaryl/α,β-unsaturated/α-hetero) is 2. The molecule has 0 spiro atoms. The molecule has 2 aromatic rings. The average Bonchev–Trinajstić information content (AvgIpc) is 3.13. The number of halogens is 1. The van der Waals surface area contributed by atoms with Crippen LogP contribution in [0.4, 0.5) is 4.39 Å². The molecule has 2 aromatic carbocycles. The molecule has 2 nitrogen and oxygen atoms in total. The SMILES string of the molecule is CC(=O)c1ccc(F)cc1.CCC(=O)[C@H]1CC[C@H](c2ccccc2)C1. The van der Waals surface area contributed by atoms with Crippen LogP contribution in [0.2, 0.25) is 0 Å². The van der Waals surface area contributed by atoms with Crippen LogP contribution < -0.4 is 0 Å². The van der Waals surface area contributed by atoms with Gasteiger partial charge in [-0.3, -0.25) is 9.59 Å². The van der Waals surface area contributed by atoms with Crippen LogP contribution >= 0.6 is 0 Å². The summed E-state index contributed by atoms with van der Waals surface area (Å²) >= 11 is 0. The van der Waals surface area contributed by atoms with Crippen molar-refractivity contribution in [3.05, 3.63) is 71.5 Å². The van der Waals surface area contributed by atoms with E-state index in [2.05, 4.69) is 24.3 Å². The Hall–Kier alpha value is -2.29. The molecule has 25 heavy (non-hydrogen) atoms. The molecule has 1 saturated carbocycles. The molecule has 3 heteroatoms. The van der Waals surface area contributed by atoms with E-state index in [0.717, 1.165) is 12.8 Å². The van der Waals surface area contributed by atoms with Gasteiger partial charge < -0.3 is 0 Å². The van der Waals surface area contributed by atoms with Crippen molar-refractivity contribution in [2.24, 2.45) is 5.92 Å². The summed E-state index contributed by atoms with van der Waals surface area (Å²) in [5.74, 6) is 1.05. The van der Waals surface area contributed by atoms with Crippen LogP contribution in [0.1, 0.15) is 61.4 Å². The summed E-state index contributed by atoms with van der Waals surface area (Å²) in [7, 11) is 0. The fraction of sp³-hybridized carbons (Fsp3) is 0.364. The molecule has 0 aliphatic heterocycles. The van der Waals surface area contributed by atoms with Gasteiger partial charge in [-0.2, -0.15) is 0 Å². The van der Waals surface area contributed by atoms with Crippen LogP contribution in [0.25, 0.3) is 0 Å². The van der Waals surface area contributed by atoms with Gasteiger partial charge in [-0.1, -0.05) is 37.3 Å². The van der Waals surface area contributed by atoms with Crippen LogP contribution in [0.15, 0.2) is 54.6 Å². The van der Waals surface area contributed by atoms with E-state index in [1.54, 1.807) is 0 Å². The zero-order valence-corrected chi connectivity index (χ0v) is 14.9. The maximum atomic E-state index is 12.2. The Bertz CT molecular complexity index is 692. The van der Waals surface area contributed by atoms with Gasteiger partial charge in [0.1, 0.15) is 11.6 Å². The van der Waals surface area contributed by atoms with Gasteiger partial charge in [0.2, 0.25) is 0 Å². The first-order chi connectivity index (χ1) is 12.0. The Labute approximate surface area is 149 Å². The van der Waals surface area contributed by atoms with E-state index in [1.165, 1.54) is 43.2 Å². The van der Waals surface area contributed by atoms with Gasteiger partial charge in [-0.25, -0.2) is 4.39 Å².